The average Bonchev–Trinajstić information content (AvgIpc) is 3.07. The lowest BCUT2D eigenvalue weighted by molar-refractivity contribution is 0.202. The van der Waals surface area contributed by atoms with Gasteiger partial charge in [0.25, 0.3) is 0 Å². The van der Waals surface area contributed by atoms with Gasteiger partial charge in [0.15, 0.2) is 0 Å². The van der Waals surface area contributed by atoms with E-state index < -0.39 is 27.9 Å². The average molecular weight is 411 g/mol. The van der Waals surface area contributed by atoms with Crippen molar-refractivity contribution >= 4 is 33.1 Å². The molecule has 0 radical (unpaired) electrons. The molecule has 148 valence electrons. The van der Waals surface area contributed by atoms with E-state index in [9.17, 15) is 18.3 Å². The highest BCUT2D eigenvalue weighted by atomic mass is 32.2. The SMILES string of the molecule is CC(C)c1cccc(C(C)C)c1NC(=O)NS(=O)(=O)CC(O)c1ccsc1. The van der Waals surface area contributed by atoms with Gasteiger partial charge < -0.3 is 10.4 Å². The van der Waals surface area contributed by atoms with E-state index in [2.05, 4.69) is 5.32 Å². The first kappa shape index (κ1) is 21.4. The number of amides is 2. The smallest absolute Gasteiger partial charge is 0.332 e. The van der Waals surface area contributed by atoms with Gasteiger partial charge in [-0.2, -0.15) is 11.3 Å². The largest absolute Gasteiger partial charge is 0.387 e. The van der Waals surface area contributed by atoms with E-state index in [0.717, 1.165) is 11.1 Å². The lowest BCUT2D eigenvalue weighted by atomic mass is 9.93. The number of sulfonamides is 1. The number of aliphatic hydroxyl groups is 1. The molecule has 3 N–H and O–H groups in total. The van der Waals surface area contributed by atoms with Crippen LogP contribution in [0.2, 0.25) is 0 Å². The molecular weight excluding hydrogens is 384 g/mol. The number of anilines is 1. The van der Waals surface area contributed by atoms with Gasteiger partial charge in [-0.3, -0.25) is 0 Å². The monoisotopic (exact) mass is 410 g/mol. The number of urea groups is 1. The first-order chi connectivity index (χ1) is 12.6. The summed E-state index contributed by atoms with van der Waals surface area (Å²) in [7, 11) is -4.00. The van der Waals surface area contributed by atoms with Crippen molar-refractivity contribution in [2.75, 3.05) is 11.1 Å². The zero-order valence-corrected chi connectivity index (χ0v) is 17.5. The lowest BCUT2D eigenvalue weighted by Gasteiger charge is -2.20. The Kier molecular flexibility index (Phi) is 7.02. The van der Waals surface area contributed by atoms with Gasteiger partial charge in [0, 0.05) is 5.69 Å². The van der Waals surface area contributed by atoms with Crippen LogP contribution in [-0.4, -0.2) is 25.3 Å². The summed E-state index contributed by atoms with van der Waals surface area (Å²) in [5.41, 5.74) is 3.02. The zero-order chi connectivity index (χ0) is 20.2. The fourth-order valence-corrected chi connectivity index (χ4v) is 4.52. The number of thiophene rings is 1. The minimum absolute atomic E-state index is 0.163. The third kappa shape index (κ3) is 5.79. The molecule has 0 aliphatic rings. The molecule has 0 bridgehead atoms. The maximum atomic E-state index is 12.4. The fourth-order valence-electron chi connectivity index (χ4n) is 2.79. The highest BCUT2D eigenvalue weighted by Gasteiger charge is 2.23. The number of hydrogen-bond donors (Lipinski definition) is 3. The van der Waals surface area contributed by atoms with Crippen LogP contribution in [0.1, 0.15) is 62.3 Å². The van der Waals surface area contributed by atoms with E-state index >= 15 is 0 Å². The number of carbonyl (C=O) groups excluding carboxylic acids is 1. The summed E-state index contributed by atoms with van der Waals surface area (Å²) in [5.74, 6) is -0.257. The topological polar surface area (TPSA) is 95.5 Å². The summed E-state index contributed by atoms with van der Waals surface area (Å²) < 4.78 is 26.5. The highest BCUT2D eigenvalue weighted by molar-refractivity contribution is 7.90. The molecule has 1 aromatic carbocycles. The lowest BCUT2D eigenvalue weighted by Crippen LogP contribution is -2.37. The van der Waals surface area contributed by atoms with Crippen LogP contribution in [-0.2, 0) is 10.0 Å². The van der Waals surface area contributed by atoms with Gasteiger partial charge in [-0.1, -0.05) is 45.9 Å². The molecule has 2 aromatic rings. The van der Waals surface area contributed by atoms with Gasteiger partial charge in [-0.25, -0.2) is 17.9 Å². The van der Waals surface area contributed by atoms with E-state index in [-0.39, 0.29) is 11.8 Å². The van der Waals surface area contributed by atoms with Crippen LogP contribution in [0.25, 0.3) is 0 Å². The number of hydrogen-bond acceptors (Lipinski definition) is 5. The Morgan fingerprint density at radius 2 is 1.70 bits per heavy atom. The summed E-state index contributed by atoms with van der Waals surface area (Å²) in [5, 5.41) is 16.2. The Morgan fingerprint density at radius 3 is 2.19 bits per heavy atom. The van der Waals surface area contributed by atoms with Crippen LogP contribution < -0.4 is 10.0 Å². The molecular formula is C19H26N2O4S2. The van der Waals surface area contributed by atoms with Crippen molar-refractivity contribution in [2.45, 2.75) is 45.6 Å². The normalized spacial score (nSPS) is 13.0. The van der Waals surface area contributed by atoms with Crippen molar-refractivity contribution in [3.8, 4) is 0 Å². The van der Waals surface area contributed by atoms with E-state index in [1.165, 1.54) is 11.3 Å². The third-order valence-electron chi connectivity index (χ3n) is 4.16. The second-order valence-electron chi connectivity index (χ2n) is 7.03. The molecule has 0 saturated carbocycles. The van der Waals surface area contributed by atoms with Crippen LogP contribution >= 0.6 is 11.3 Å². The fraction of sp³-hybridized carbons (Fsp3) is 0.421. The molecule has 0 saturated heterocycles. The maximum Gasteiger partial charge on any atom is 0.332 e. The Bertz CT molecular complexity index is 849. The molecule has 0 aliphatic carbocycles. The van der Waals surface area contributed by atoms with Crippen LogP contribution in [0.3, 0.4) is 0 Å². The van der Waals surface area contributed by atoms with E-state index in [1.807, 2.05) is 50.6 Å². The molecule has 1 atom stereocenters. The van der Waals surface area contributed by atoms with Crippen molar-refractivity contribution in [3.05, 3.63) is 51.7 Å². The number of carbonyl (C=O) groups is 1. The van der Waals surface area contributed by atoms with Crippen LogP contribution in [0.15, 0.2) is 35.0 Å². The number of aliphatic hydroxyl groups excluding tert-OH is 1. The summed E-state index contributed by atoms with van der Waals surface area (Å²) in [6.07, 6.45) is -1.18. The molecule has 1 unspecified atom stereocenters. The minimum atomic E-state index is -4.00. The summed E-state index contributed by atoms with van der Waals surface area (Å²) in [4.78, 5) is 12.4. The number of nitrogens with one attached hydrogen (secondary N) is 2. The van der Waals surface area contributed by atoms with Crippen molar-refractivity contribution in [2.24, 2.45) is 0 Å². The zero-order valence-electron chi connectivity index (χ0n) is 15.9. The van der Waals surface area contributed by atoms with Gasteiger partial charge in [-0.05, 0) is 45.4 Å². The van der Waals surface area contributed by atoms with Crippen molar-refractivity contribution < 1.29 is 18.3 Å². The Morgan fingerprint density at radius 1 is 1.11 bits per heavy atom. The molecule has 0 fully saturated rings. The van der Waals surface area contributed by atoms with Gasteiger partial charge in [-0.15, -0.1) is 0 Å². The maximum absolute atomic E-state index is 12.4. The van der Waals surface area contributed by atoms with Crippen LogP contribution in [0.4, 0.5) is 10.5 Å². The molecule has 2 rings (SSSR count). The molecule has 2 amide bonds. The molecule has 27 heavy (non-hydrogen) atoms. The second kappa shape index (κ2) is 8.86. The van der Waals surface area contributed by atoms with Crippen molar-refractivity contribution in [1.29, 1.82) is 0 Å². The first-order valence-corrected chi connectivity index (χ1v) is 11.3. The van der Waals surface area contributed by atoms with Gasteiger partial charge in [0.1, 0.15) is 0 Å². The number of rotatable bonds is 7. The van der Waals surface area contributed by atoms with Gasteiger partial charge in [0.05, 0.1) is 11.9 Å². The Balaban J connectivity index is 2.15. The standard InChI is InChI=1S/C19H26N2O4S2/c1-12(2)15-6-5-7-16(13(3)4)18(15)20-19(23)21-27(24,25)11-17(22)14-8-9-26-10-14/h5-10,12-13,17,22H,11H2,1-4H3,(H2,20,21,23). The predicted molar refractivity (Wildman–Crippen MR) is 110 cm³/mol. The Labute approximate surface area is 164 Å². The van der Waals surface area contributed by atoms with Crippen molar-refractivity contribution in [3.63, 3.8) is 0 Å². The summed E-state index contributed by atoms with van der Waals surface area (Å²) in [6.45, 7) is 8.04. The second-order valence-corrected chi connectivity index (χ2v) is 9.58. The molecule has 6 nitrogen and oxygen atoms in total. The number of para-hydroxylation sites is 1. The Hall–Kier alpha value is -1.90. The quantitative estimate of drug-likeness (QED) is 0.638. The molecule has 0 aliphatic heterocycles. The molecule has 1 heterocycles. The summed E-state index contributed by atoms with van der Waals surface area (Å²) >= 11 is 1.36. The first-order valence-electron chi connectivity index (χ1n) is 8.75. The minimum Gasteiger partial charge on any atom is -0.387 e. The highest BCUT2D eigenvalue weighted by Crippen LogP contribution is 2.32. The van der Waals surface area contributed by atoms with Crippen LogP contribution in [0.5, 0.6) is 0 Å². The molecule has 1 aromatic heterocycles. The van der Waals surface area contributed by atoms with E-state index in [1.54, 1.807) is 16.8 Å². The van der Waals surface area contributed by atoms with E-state index in [4.69, 9.17) is 0 Å². The van der Waals surface area contributed by atoms with Crippen molar-refractivity contribution in [1.82, 2.24) is 4.72 Å². The van der Waals surface area contributed by atoms with Gasteiger partial charge in [0.2, 0.25) is 10.0 Å². The number of benzene rings is 1. The molecule has 8 heteroatoms. The third-order valence-corrected chi connectivity index (χ3v) is 6.12. The molecule has 0 spiro atoms. The van der Waals surface area contributed by atoms with Crippen LogP contribution in [0, 0.1) is 0 Å². The predicted octanol–water partition coefficient (Wildman–Crippen LogP) is 4.18. The van der Waals surface area contributed by atoms with E-state index in [0.29, 0.717) is 11.3 Å². The summed E-state index contributed by atoms with van der Waals surface area (Å²) in [6, 6.07) is 6.59. The van der Waals surface area contributed by atoms with Gasteiger partial charge >= 0.3 is 6.03 Å².